The minimum absolute atomic E-state index is 0.273. The molecule has 0 saturated carbocycles. The number of primary sulfonamides is 1. The average molecular weight is 350 g/mol. The van der Waals surface area contributed by atoms with Gasteiger partial charge in [0.1, 0.15) is 0 Å². The summed E-state index contributed by atoms with van der Waals surface area (Å²) in [5, 5.41) is 21.8. The van der Waals surface area contributed by atoms with Gasteiger partial charge >= 0.3 is 0 Å². The van der Waals surface area contributed by atoms with Gasteiger partial charge in [0.2, 0.25) is 18.5 Å². The summed E-state index contributed by atoms with van der Waals surface area (Å²) in [6.07, 6.45) is 0. The zero-order chi connectivity index (χ0) is 15.8. The summed E-state index contributed by atoms with van der Waals surface area (Å²) in [5.74, 6) is 0. The summed E-state index contributed by atoms with van der Waals surface area (Å²) in [4.78, 5) is 9.55. The second-order valence-electron chi connectivity index (χ2n) is 3.63. The number of hydrogen-bond acceptors (Lipinski definition) is 9. The topological polar surface area (TPSA) is 163 Å². The van der Waals surface area contributed by atoms with Crippen molar-refractivity contribution in [2.45, 2.75) is 13.6 Å². The number of nitrogens with zero attached hydrogens (tertiary/aromatic N) is 3. The molecule has 0 unspecified atom stereocenters. The molecule has 0 fully saturated rings. The maximum atomic E-state index is 12.2. The Labute approximate surface area is 122 Å². The van der Waals surface area contributed by atoms with Crippen LogP contribution in [0.15, 0.2) is 37.8 Å². The van der Waals surface area contributed by atoms with Crippen LogP contribution >= 0.6 is 11.3 Å². The van der Waals surface area contributed by atoms with Gasteiger partial charge in [0.05, 0.1) is 9.82 Å². The number of aromatic nitrogens is 2. The van der Waals surface area contributed by atoms with Gasteiger partial charge < -0.3 is 0 Å². The number of rotatable bonds is 4. The highest BCUT2D eigenvalue weighted by Crippen LogP contribution is 2.26. The van der Waals surface area contributed by atoms with Crippen LogP contribution in [0.2, 0.25) is 0 Å². The Morgan fingerprint density at radius 2 is 1.57 bits per heavy atom. The van der Waals surface area contributed by atoms with Gasteiger partial charge in [-0.05, 0) is 12.1 Å². The quantitative estimate of drug-likeness (QED) is 0.591. The third-order valence-electron chi connectivity index (χ3n) is 2.22. The molecule has 1 aromatic heterocycles. The number of nitro groups is 1. The molecule has 0 bridgehead atoms. The van der Waals surface area contributed by atoms with Gasteiger partial charge in [0, 0.05) is 12.1 Å². The molecule has 13 heteroatoms. The van der Waals surface area contributed by atoms with E-state index in [1.165, 1.54) is 0 Å². The highest BCUT2D eigenvalue weighted by Gasteiger charge is 2.26. The van der Waals surface area contributed by atoms with Crippen molar-refractivity contribution >= 4 is 36.9 Å². The number of sulfonamides is 1. The number of benzene rings is 1. The van der Waals surface area contributed by atoms with Crippen molar-refractivity contribution in [2.75, 3.05) is 0 Å². The lowest BCUT2D eigenvalue weighted by Crippen LogP contribution is -2.11. The largest absolute Gasteiger partial charge is 0.269 e. The first-order valence-electron chi connectivity index (χ1n) is 4.98. The van der Waals surface area contributed by atoms with E-state index in [0.717, 1.165) is 24.3 Å². The maximum Gasteiger partial charge on any atom is 0.269 e. The molecule has 0 amide bonds. The van der Waals surface area contributed by atoms with Gasteiger partial charge in [-0.15, -0.1) is 10.2 Å². The van der Waals surface area contributed by atoms with Gasteiger partial charge in [-0.1, -0.05) is 11.3 Å². The lowest BCUT2D eigenvalue weighted by atomic mass is 10.3. The van der Waals surface area contributed by atoms with Crippen LogP contribution < -0.4 is 5.14 Å². The Morgan fingerprint density at radius 3 is 2.00 bits per heavy atom. The molecule has 0 atom stereocenters. The van der Waals surface area contributed by atoms with E-state index in [1.54, 1.807) is 0 Å². The van der Waals surface area contributed by atoms with Crippen LogP contribution in [0.25, 0.3) is 0 Å². The molecule has 2 aromatic rings. The number of nitro benzene ring substituents is 1. The van der Waals surface area contributed by atoms with Crippen molar-refractivity contribution in [3.63, 3.8) is 0 Å². The van der Waals surface area contributed by atoms with Crippen molar-refractivity contribution in [1.82, 2.24) is 10.2 Å². The van der Waals surface area contributed by atoms with Crippen molar-refractivity contribution in [2.24, 2.45) is 5.14 Å². The second kappa shape index (κ2) is 5.10. The van der Waals surface area contributed by atoms with Gasteiger partial charge in [0.15, 0.2) is 0 Å². The number of nitrogens with two attached hydrogens (primary N) is 1. The Morgan fingerprint density at radius 1 is 1.05 bits per heavy atom. The van der Waals surface area contributed by atoms with Crippen LogP contribution in [0.4, 0.5) is 5.69 Å². The van der Waals surface area contributed by atoms with E-state index in [1.807, 2.05) is 0 Å². The average Bonchev–Trinajstić information content (AvgIpc) is 2.89. The standard InChI is InChI=1S/C8H6N4O6S3/c9-21(17,18)8-11-10-7(19-8)20(15,16)6-3-1-5(2-4-6)12(13)14/h1-4H,(H2,9,17,18). The Bertz CT molecular complexity index is 900. The minimum Gasteiger partial charge on any atom is -0.258 e. The van der Waals surface area contributed by atoms with E-state index in [2.05, 4.69) is 10.2 Å². The van der Waals surface area contributed by atoms with Gasteiger partial charge in [-0.3, -0.25) is 10.1 Å². The Hall–Kier alpha value is -1.96. The Balaban J connectivity index is 2.47. The Kier molecular flexibility index (Phi) is 3.75. The molecule has 1 heterocycles. The first-order valence-corrected chi connectivity index (χ1v) is 8.83. The fourth-order valence-electron chi connectivity index (χ4n) is 1.27. The van der Waals surface area contributed by atoms with Crippen LogP contribution in [-0.4, -0.2) is 32.0 Å². The molecule has 0 aliphatic rings. The number of sulfone groups is 1. The van der Waals surface area contributed by atoms with E-state index < -0.39 is 33.5 Å². The van der Waals surface area contributed by atoms with E-state index in [0.29, 0.717) is 11.3 Å². The third kappa shape index (κ3) is 3.05. The summed E-state index contributed by atoms with van der Waals surface area (Å²) in [7, 11) is -8.27. The SMILES string of the molecule is NS(=O)(=O)c1nnc(S(=O)(=O)c2ccc([N+](=O)[O-])cc2)s1. The number of non-ortho nitro benzene ring substituents is 1. The molecule has 0 aliphatic heterocycles. The second-order valence-corrected chi connectivity index (χ2v) is 8.47. The lowest BCUT2D eigenvalue weighted by molar-refractivity contribution is -0.384. The van der Waals surface area contributed by atoms with E-state index >= 15 is 0 Å². The molecular weight excluding hydrogens is 344 g/mol. The van der Waals surface area contributed by atoms with Crippen LogP contribution in [-0.2, 0) is 19.9 Å². The van der Waals surface area contributed by atoms with Crippen LogP contribution in [0.5, 0.6) is 0 Å². The van der Waals surface area contributed by atoms with Gasteiger partial charge in [-0.2, -0.15) is 0 Å². The molecule has 2 N–H and O–H groups in total. The molecule has 10 nitrogen and oxygen atoms in total. The van der Waals surface area contributed by atoms with Crippen molar-refractivity contribution in [3.8, 4) is 0 Å². The molecule has 0 radical (unpaired) electrons. The van der Waals surface area contributed by atoms with Gasteiger partial charge in [-0.25, -0.2) is 22.0 Å². The summed E-state index contributed by atoms with van der Waals surface area (Å²) in [5.41, 5.74) is -0.281. The molecule has 21 heavy (non-hydrogen) atoms. The summed E-state index contributed by atoms with van der Waals surface area (Å²) < 4.78 is 45.2. The fourth-order valence-corrected chi connectivity index (χ4v) is 4.40. The molecular formula is C8H6N4O6S3. The normalized spacial score (nSPS) is 12.2. The highest BCUT2D eigenvalue weighted by molar-refractivity contribution is 7.95. The third-order valence-corrected chi connectivity index (χ3v) is 6.59. The van der Waals surface area contributed by atoms with Crippen LogP contribution in [0, 0.1) is 10.1 Å². The zero-order valence-electron chi connectivity index (χ0n) is 9.90. The van der Waals surface area contributed by atoms with Crippen molar-refractivity contribution < 1.29 is 21.8 Å². The van der Waals surface area contributed by atoms with E-state index in [9.17, 15) is 26.9 Å². The van der Waals surface area contributed by atoms with Crippen LogP contribution in [0.1, 0.15) is 0 Å². The molecule has 1 aromatic carbocycles. The minimum atomic E-state index is -4.15. The smallest absolute Gasteiger partial charge is 0.258 e. The maximum absolute atomic E-state index is 12.2. The van der Waals surface area contributed by atoms with Crippen molar-refractivity contribution in [1.29, 1.82) is 0 Å². The van der Waals surface area contributed by atoms with Crippen LogP contribution in [0.3, 0.4) is 0 Å². The first-order chi connectivity index (χ1) is 9.62. The molecule has 0 spiro atoms. The van der Waals surface area contributed by atoms with Gasteiger partial charge in [0.25, 0.3) is 15.7 Å². The molecule has 112 valence electrons. The summed E-state index contributed by atoms with van der Waals surface area (Å²) in [6, 6.07) is 4.06. The zero-order valence-corrected chi connectivity index (χ0v) is 12.4. The van der Waals surface area contributed by atoms with E-state index in [-0.39, 0.29) is 10.6 Å². The molecule has 2 rings (SSSR count). The first kappa shape index (κ1) is 15.4. The monoisotopic (exact) mass is 350 g/mol. The fraction of sp³-hybridized carbons (Fsp3) is 0. The molecule has 0 aliphatic carbocycles. The van der Waals surface area contributed by atoms with Crippen molar-refractivity contribution in [3.05, 3.63) is 34.4 Å². The summed E-state index contributed by atoms with van der Waals surface area (Å²) in [6.45, 7) is 0. The lowest BCUT2D eigenvalue weighted by Gasteiger charge is -1.99. The number of hydrogen-bond donors (Lipinski definition) is 1. The molecule has 0 saturated heterocycles. The summed E-state index contributed by atoms with van der Waals surface area (Å²) >= 11 is 0.295. The predicted octanol–water partition coefficient (Wildman–Crippen LogP) is -0.0735. The highest BCUT2D eigenvalue weighted by atomic mass is 32.3. The van der Waals surface area contributed by atoms with E-state index in [4.69, 9.17) is 5.14 Å². The predicted molar refractivity (Wildman–Crippen MR) is 69.8 cm³/mol.